The van der Waals surface area contributed by atoms with Gasteiger partial charge >= 0.3 is 0 Å². The molecule has 0 aromatic heterocycles. The fraction of sp³-hybridized carbons (Fsp3) is 0.600. The fourth-order valence-electron chi connectivity index (χ4n) is 3.41. The summed E-state index contributed by atoms with van der Waals surface area (Å²) in [7, 11) is 0. The summed E-state index contributed by atoms with van der Waals surface area (Å²) in [6.07, 6.45) is 9.30. The number of benzene rings is 1. The van der Waals surface area contributed by atoms with Crippen LogP contribution >= 0.6 is 0 Å². The second kappa shape index (κ2) is 4.69. The van der Waals surface area contributed by atoms with Crippen LogP contribution in [0, 0.1) is 0 Å². The van der Waals surface area contributed by atoms with Crippen LogP contribution in [0.5, 0.6) is 0 Å². The van der Waals surface area contributed by atoms with Crippen LogP contribution in [0.15, 0.2) is 18.2 Å². The Bertz CT molecular complexity index is 394. The summed E-state index contributed by atoms with van der Waals surface area (Å²) in [5, 5.41) is 3.85. The van der Waals surface area contributed by atoms with Crippen molar-refractivity contribution in [1.29, 1.82) is 0 Å². The number of hydrogen-bond donors (Lipinski definition) is 2. The van der Waals surface area contributed by atoms with Crippen LogP contribution in [-0.4, -0.2) is 6.04 Å². The number of nitrogens with two attached hydrogens (primary N) is 1. The molecule has 0 spiro atoms. The topological polar surface area (TPSA) is 38.0 Å². The van der Waals surface area contributed by atoms with Gasteiger partial charge in [-0.25, -0.2) is 0 Å². The summed E-state index contributed by atoms with van der Waals surface area (Å²) >= 11 is 0. The van der Waals surface area contributed by atoms with E-state index in [1.54, 1.807) is 0 Å². The summed E-state index contributed by atoms with van der Waals surface area (Å²) in [5.41, 5.74) is 9.87. The molecule has 1 fully saturated rings. The average Bonchev–Trinajstić information content (AvgIpc) is 2.76. The molecule has 0 saturated heterocycles. The summed E-state index contributed by atoms with van der Waals surface area (Å²) in [6, 6.07) is 7.66. The van der Waals surface area contributed by atoms with Crippen molar-refractivity contribution in [3.8, 4) is 0 Å². The van der Waals surface area contributed by atoms with E-state index in [0.717, 1.165) is 18.2 Å². The van der Waals surface area contributed by atoms with Crippen molar-refractivity contribution in [1.82, 2.24) is 5.32 Å². The molecule has 1 saturated carbocycles. The van der Waals surface area contributed by atoms with Crippen LogP contribution in [-0.2, 0) is 6.42 Å². The minimum absolute atomic E-state index is 0.552. The first-order valence-corrected chi connectivity index (χ1v) is 6.98. The van der Waals surface area contributed by atoms with E-state index < -0.39 is 0 Å². The molecule has 2 aliphatic carbocycles. The van der Waals surface area contributed by atoms with Gasteiger partial charge in [-0.1, -0.05) is 31.4 Å². The van der Waals surface area contributed by atoms with E-state index >= 15 is 0 Å². The number of anilines is 1. The lowest BCUT2D eigenvalue weighted by atomic mass is 9.94. The second-order valence-electron chi connectivity index (χ2n) is 5.51. The van der Waals surface area contributed by atoms with Crippen LogP contribution in [0.25, 0.3) is 0 Å². The minimum Gasteiger partial charge on any atom is -0.398 e. The van der Waals surface area contributed by atoms with Gasteiger partial charge in [0.2, 0.25) is 0 Å². The molecule has 1 atom stereocenters. The SMILES string of the molecule is Nc1cccc2c1CCC2NC1CCCCC1. The van der Waals surface area contributed by atoms with Crippen LogP contribution in [0.1, 0.15) is 55.7 Å². The Morgan fingerprint density at radius 2 is 1.88 bits per heavy atom. The van der Waals surface area contributed by atoms with E-state index in [1.807, 2.05) is 6.07 Å². The maximum absolute atomic E-state index is 6.04. The third-order valence-electron chi connectivity index (χ3n) is 4.35. The van der Waals surface area contributed by atoms with Crippen LogP contribution in [0.2, 0.25) is 0 Å². The monoisotopic (exact) mass is 230 g/mol. The average molecular weight is 230 g/mol. The van der Waals surface area contributed by atoms with E-state index in [4.69, 9.17) is 5.73 Å². The van der Waals surface area contributed by atoms with E-state index in [0.29, 0.717) is 6.04 Å². The Labute approximate surface area is 104 Å². The zero-order chi connectivity index (χ0) is 11.7. The molecular formula is C15H22N2. The first-order valence-electron chi connectivity index (χ1n) is 6.98. The summed E-state index contributed by atoms with van der Waals surface area (Å²) < 4.78 is 0. The van der Waals surface area contributed by atoms with Gasteiger partial charge in [-0.2, -0.15) is 0 Å². The maximum atomic E-state index is 6.04. The number of nitrogens with one attached hydrogen (secondary N) is 1. The Morgan fingerprint density at radius 1 is 1.06 bits per heavy atom. The zero-order valence-electron chi connectivity index (χ0n) is 10.4. The number of rotatable bonds is 2. The lowest BCUT2D eigenvalue weighted by Gasteiger charge is -2.27. The molecular weight excluding hydrogens is 208 g/mol. The third kappa shape index (κ3) is 2.19. The quantitative estimate of drug-likeness (QED) is 0.766. The zero-order valence-corrected chi connectivity index (χ0v) is 10.4. The molecule has 0 aliphatic heterocycles. The minimum atomic E-state index is 0.552. The predicted molar refractivity (Wildman–Crippen MR) is 71.9 cm³/mol. The molecule has 0 radical (unpaired) electrons. The summed E-state index contributed by atoms with van der Waals surface area (Å²) in [5.74, 6) is 0. The van der Waals surface area contributed by atoms with Gasteiger partial charge in [0.05, 0.1) is 0 Å². The van der Waals surface area contributed by atoms with Crippen molar-refractivity contribution < 1.29 is 0 Å². The molecule has 2 aliphatic rings. The summed E-state index contributed by atoms with van der Waals surface area (Å²) in [6.45, 7) is 0. The molecule has 3 rings (SSSR count). The molecule has 0 bridgehead atoms. The highest BCUT2D eigenvalue weighted by Gasteiger charge is 2.26. The Balaban J connectivity index is 1.72. The van der Waals surface area contributed by atoms with Crippen molar-refractivity contribution in [2.45, 2.75) is 57.0 Å². The van der Waals surface area contributed by atoms with Gasteiger partial charge in [0.25, 0.3) is 0 Å². The largest absolute Gasteiger partial charge is 0.398 e. The van der Waals surface area contributed by atoms with E-state index in [1.165, 1.54) is 49.7 Å². The molecule has 1 aromatic carbocycles. The van der Waals surface area contributed by atoms with Gasteiger partial charge < -0.3 is 11.1 Å². The molecule has 17 heavy (non-hydrogen) atoms. The first-order chi connectivity index (χ1) is 8.34. The predicted octanol–water partition coefficient (Wildman–Crippen LogP) is 3.18. The molecule has 3 N–H and O–H groups in total. The molecule has 2 heteroatoms. The Morgan fingerprint density at radius 3 is 2.71 bits per heavy atom. The van der Waals surface area contributed by atoms with Gasteiger partial charge in [-0.05, 0) is 42.9 Å². The van der Waals surface area contributed by atoms with Gasteiger partial charge in [0, 0.05) is 17.8 Å². The van der Waals surface area contributed by atoms with E-state index in [2.05, 4.69) is 17.4 Å². The van der Waals surface area contributed by atoms with Gasteiger partial charge in [-0.15, -0.1) is 0 Å². The van der Waals surface area contributed by atoms with Crippen molar-refractivity contribution in [2.24, 2.45) is 0 Å². The van der Waals surface area contributed by atoms with Crippen molar-refractivity contribution in [2.75, 3.05) is 5.73 Å². The van der Waals surface area contributed by atoms with Crippen LogP contribution < -0.4 is 11.1 Å². The fourth-order valence-corrected chi connectivity index (χ4v) is 3.41. The molecule has 92 valence electrons. The van der Waals surface area contributed by atoms with Crippen molar-refractivity contribution in [3.05, 3.63) is 29.3 Å². The summed E-state index contributed by atoms with van der Waals surface area (Å²) in [4.78, 5) is 0. The number of nitrogen functional groups attached to an aromatic ring is 1. The lowest BCUT2D eigenvalue weighted by Crippen LogP contribution is -2.33. The molecule has 1 aromatic rings. The Kier molecular flexibility index (Phi) is 3.06. The number of fused-ring (bicyclic) bond motifs is 1. The second-order valence-corrected chi connectivity index (χ2v) is 5.51. The van der Waals surface area contributed by atoms with Crippen LogP contribution in [0.4, 0.5) is 5.69 Å². The van der Waals surface area contributed by atoms with E-state index in [9.17, 15) is 0 Å². The van der Waals surface area contributed by atoms with Gasteiger partial charge in [0.15, 0.2) is 0 Å². The van der Waals surface area contributed by atoms with Crippen LogP contribution in [0.3, 0.4) is 0 Å². The smallest absolute Gasteiger partial charge is 0.0349 e. The number of hydrogen-bond acceptors (Lipinski definition) is 2. The van der Waals surface area contributed by atoms with Gasteiger partial charge in [-0.3, -0.25) is 0 Å². The lowest BCUT2D eigenvalue weighted by molar-refractivity contribution is 0.337. The maximum Gasteiger partial charge on any atom is 0.0349 e. The highest BCUT2D eigenvalue weighted by Crippen LogP contribution is 2.35. The molecule has 0 amide bonds. The van der Waals surface area contributed by atoms with Crippen molar-refractivity contribution in [3.63, 3.8) is 0 Å². The third-order valence-corrected chi connectivity index (χ3v) is 4.35. The van der Waals surface area contributed by atoms with E-state index in [-0.39, 0.29) is 0 Å². The first kappa shape index (κ1) is 11.1. The van der Waals surface area contributed by atoms with Gasteiger partial charge in [0.1, 0.15) is 0 Å². The highest BCUT2D eigenvalue weighted by molar-refractivity contribution is 5.54. The Hall–Kier alpha value is -1.02. The highest BCUT2D eigenvalue weighted by atomic mass is 15.0. The van der Waals surface area contributed by atoms with Crippen molar-refractivity contribution >= 4 is 5.69 Å². The molecule has 1 unspecified atom stereocenters. The standard InChI is InChI=1S/C15H22N2/c16-14-8-4-7-13-12(14)9-10-15(13)17-11-5-2-1-3-6-11/h4,7-8,11,15,17H,1-3,5-6,9-10,16H2. The molecule has 0 heterocycles. The molecule has 2 nitrogen and oxygen atoms in total. The normalized spacial score (nSPS) is 24.8.